The van der Waals surface area contributed by atoms with Gasteiger partial charge in [0.1, 0.15) is 12.4 Å². The lowest BCUT2D eigenvalue weighted by Crippen LogP contribution is -2.45. The Kier molecular flexibility index (Phi) is 14.9. The molecular weight excluding hydrogens is 632 g/mol. The number of unbranched alkanes of at least 4 members (excludes halogenated alkanes) is 1. The SMILES string of the molecule is CC(C)C(=O)OCc1ccc(CC(=O)[C@H](CCCNC(N)=O)NC(=O)[C@H](CCCCOc2ccc(-n3c(=O)[nH][nH]c3=O)cc2)C(C)C)cc1. The molecule has 14 heteroatoms. The van der Waals surface area contributed by atoms with Crippen LogP contribution in [0.5, 0.6) is 5.75 Å². The first-order chi connectivity index (χ1) is 23.3. The Morgan fingerprint density at radius 2 is 1.47 bits per heavy atom. The Morgan fingerprint density at radius 3 is 2.06 bits per heavy atom. The topological polar surface area (TPSA) is 207 Å². The number of nitrogens with two attached hydrogens (primary N) is 1. The van der Waals surface area contributed by atoms with Gasteiger partial charge in [-0.05, 0) is 73.4 Å². The molecule has 266 valence electrons. The van der Waals surface area contributed by atoms with Crippen molar-refractivity contribution < 1.29 is 28.7 Å². The van der Waals surface area contributed by atoms with Gasteiger partial charge in [0.25, 0.3) is 0 Å². The maximum Gasteiger partial charge on any atom is 0.348 e. The molecule has 6 N–H and O–H groups in total. The number of aromatic nitrogens is 3. The summed E-state index contributed by atoms with van der Waals surface area (Å²) >= 11 is 0. The van der Waals surface area contributed by atoms with E-state index in [1.165, 1.54) is 0 Å². The van der Waals surface area contributed by atoms with Crippen molar-refractivity contribution in [3.05, 3.63) is 80.6 Å². The number of Topliss-reactive ketones (excluding diaryl/α,β-unsaturated/α-hetero) is 1. The smallest absolute Gasteiger partial charge is 0.348 e. The predicted octanol–water partition coefficient (Wildman–Crippen LogP) is 3.12. The molecule has 0 bridgehead atoms. The van der Waals surface area contributed by atoms with Crippen LogP contribution in [-0.2, 0) is 32.1 Å². The van der Waals surface area contributed by atoms with Crippen LogP contribution in [0.2, 0.25) is 0 Å². The lowest BCUT2D eigenvalue weighted by Gasteiger charge is -2.24. The van der Waals surface area contributed by atoms with Crippen molar-refractivity contribution in [3.63, 3.8) is 0 Å². The van der Waals surface area contributed by atoms with Crippen molar-refractivity contribution in [2.45, 2.75) is 78.9 Å². The van der Waals surface area contributed by atoms with Crippen molar-refractivity contribution in [1.29, 1.82) is 0 Å². The summed E-state index contributed by atoms with van der Waals surface area (Å²) in [5.74, 6) is -0.583. The molecule has 3 rings (SSSR count). The van der Waals surface area contributed by atoms with Crippen LogP contribution >= 0.6 is 0 Å². The van der Waals surface area contributed by atoms with Crippen molar-refractivity contribution in [3.8, 4) is 11.4 Å². The van der Waals surface area contributed by atoms with Gasteiger partial charge in [-0.25, -0.2) is 29.1 Å². The average Bonchev–Trinajstić information content (AvgIpc) is 3.40. The predicted molar refractivity (Wildman–Crippen MR) is 183 cm³/mol. The van der Waals surface area contributed by atoms with E-state index in [0.29, 0.717) is 50.1 Å². The second-order valence-electron chi connectivity index (χ2n) is 12.6. The summed E-state index contributed by atoms with van der Waals surface area (Å²) in [4.78, 5) is 73.4. The second kappa shape index (κ2) is 19.0. The zero-order valence-corrected chi connectivity index (χ0v) is 28.6. The first-order valence-corrected chi connectivity index (χ1v) is 16.6. The zero-order chi connectivity index (χ0) is 35.9. The van der Waals surface area contributed by atoms with Crippen molar-refractivity contribution in [2.75, 3.05) is 13.2 Å². The number of carbonyl (C=O) groups is 4. The molecule has 2 atom stereocenters. The largest absolute Gasteiger partial charge is 0.494 e. The number of ether oxygens (including phenoxy) is 2. The monoisotopic (exact) mass is 680 g/mol. The van der Waals surface area contributed by atoms with E-state index < -0.39 is 23.5 Å². The minimum Gasteiger partial charge on any atom is -0.494 e. The minimum atomic E-state index is -0.751. The van der Waals surface area contributed by atoms with E-state index in [9.17, 15) is 28.8 Å². The number of H-pyrrole nitrogens is 2. The molecule has 0 fully saturated rings. The lowest BCUT2D eigenvalue weighted by atomic mass is 9.89. The number of aromatic amines is 2. The molecule has 0 saturated heterocycles. The van der Waals surface area contributed by atoms with Crippen LogP contribution in [0.15, 0.2) is 58.1 Å². The van der Waals surface area contributed by atoms with Gasteiger partial charge < -0.3 is 25.8 Å². The van der Waals surface area contributed by atoms with Gasteiger partial charge in [0.2, 0.25) is 5.91 Å². The van der Waals surface area contributed by atoms with E-state index in [1.54, 1.807) is 38.1 Å². The van der Waals surface area contributed by atoms with Gasteiger partial charge in [0.15, 0.2) is 5.78 Å². The van der Waals surface area contributed by atoms with Gasteiger partial charge in [-0.15, -0.1) is 0 Å². The number of urea groups is 1. The van der Waals surface area contributed by atoms with Crippen molar-refractivity contribution >= 4 is 23.7 Å². The Morgan fingerprint density at radius 1 is 0.837 bits per heavy atom. The molecule has 3 amide bonds. The standard InChI is InChI=1S/C35H48N6O8/c1-22(2)28(8-5-6-19-48-27-16-14-26(15-17-27)41-34(46)39-40-35(41)47)31(43)38-29(9-7-18-37-33(36)45)30(42)20-24-10-12-25(13-11-24)21-49-32(44)23(3)4/h10-17,22-23,28-29H,5-9,18-21H2,1-4H3,(H,38,43)(H,39,46)(H,40,47)(H3,36,37,45)/t28-,29+/m1/s1. The number of esters is 1. The molecule has 0 aliphatic carbocycles. The van der Waals surface area contributed by atoms with Crippen LogP contribution in [0.25, 0.3) is 5.69 Å². The normalized spacial score (nSPS) is 12.4. The molecule has 1 aromatic heterocycles. The number of primary amides is 1. The summed E-state index contributed by atoms with van der Waals surface area (Å²) in [5, 5.41) is 9.98. The van der Waals surface area contributed by atoms with E-state index in [1.807, 2.05) is 38.1 Å². The highest BCUT2D eigenvalue weighted by atomic mass is 16.5. The molecule has 0 radical (unpaired) electrons. The summed E-state index contributed by atoms with van der Waals surface area (Å²) in [7, 11) is 0. The number of rotatable bonds is 20. The van der Waals surface area contributed by atoms with Crippen LogP contribution in [0, 0.1) is 17.8 Å². The second-order valence-corrected chi connectivity index (χ2v) is 12.6. The first-order valence-electron chi connectivity index (χ1n) is 16.6. The van der Waals surface area contributed by atoms with Crippen LogP contribution in [0.1, 0.15) is 70.9 Å². The van der Waals surface area contributed by atoms with Crippen molar-refractivity contribution in [1.82, 2.24) is 25.4 Å². The van der Waals surface area contributed by atoms with Gasteiger partial charge in [-0.2, -0.15) is 0 Å². The third kappa shape index (κ3) is 12.4. The van der Waals surface area contributed by atoms with Gasteiger partial charge >= 0.3 is 23.4 Å². The van der Waals surface area contributed by atoms with Crippen molar-refractivity contribution in [2.24, 2.45) is 23.5 Å². The van der Waals surface area contributed by atoms with E-state index in [0.717, 1.165) is 15.7 Å². The van der Waals surface area contributed by atoms with Gasteiger partial charge in [0.05, 0.1) is 24.3 Å². The lowest BCUT2D eigenvalue weighted by molar-refractivity contribution is -0.148. The fourth-order valence-electron chi connectivity index (χ4n) is 5.17. The number of carbonyl (C=O) groups excluding carboxylic acids is 4. The molecule has 2 aromatic carbocycles. The number of hydrogen-bond donors (Lipinski definition) is 5. The Balaban J connectivity index is 1.53. The molecule has 0 aliphatic heterocycles. The summed E-state index contributed by atoms with van der Waals surface area (Å²) in [6.45, 7) is 8.30. The molecule has 49 heavy (non-hydrogen) atoms. The fraction of sp³-hybridized carbons (Fsp3) is 0.486. The van der Waals surface area contributed by atoms with Gasteiger partial charge in [-0.1, -0.05) is 52.0 Å². The molecule has 0 saturated carbocycles. The number of hydrogen-bond acceptors (Lipinski definition) is 8. The molecule has 1 heterocycles. The Hall–Kier alpha value is -5.14. The average molecular weight is 681 g/mol. The third-order valence-electron chi connectivity index (χ3n) is 8.02. The van der Waals surface area contributed by atoms with Crippen LogP contribution in [0.4, 0.5) is 4.79 Å². The highest BCUT2D eigenvalue weighted by Crippen LogP contribution is 2.21. The summed E-state index contributed by atoms with van der Waals surface area (Å²) in [5.41, 5.74) is 6.03. The van der Waals surface area contributed by atoms with E-state index in [2.05, 4.69) is 20.8 Å². The fourth-order valence-corrected chi connectivity index (χ4v) is 5.17. The van der Waals surface area contributed by atoms with Crippen LogP contribution in [0.3, 0.4) is 0 Å². The molecule has 0 spiro atoms. The summed E-state index contributed by atoms with van der Waals surface area (Å²) < 4.78 is 12.1. The van der Waals surface area contributed by atoms with Gasteiger partial charge in [0, 0.05) is 18.9 Å². The number of ketones is 1. The number of benzene rings is 2. The third-order valence-corrected chi connectivity index (χ3v) is 8.02. The van der Waals surface area contributed by atoms with Gasteiger partial charge in [-0.3, -0.25) is 14.4 Å². The van der Waals surface area contributed by atoms with E-state index in [4.69, 9.17) is 15.2 Å². The molecule has 3 aromatic rings. The first kappa shape index (κ1) is 38.3. The maximum atomic E-state index is 13.5. The zero-order valence-electron chi connectivity index (χ0n) is 28.6. The molecule has 14 nitrogen and oxygen atoms in total. The molecular formula is C35H48N6O8. The molecule has 0 unspecified atom stereocenters. The highest BCUT2D eigenvalue weighted by molar-refractivity contribution is 5.91. The van der Waals surface area contributed by atoms with Crippen LogP contribution < -0.4 is 32.5 Å². The summed E-state index contributed by atoms with van der Waals surface area (Å²) in [6.07, 6.45) is 2.87. The number of nitrogens with zero attached hydrogens (tertiary/aromatic N) is 1. The maximum absolute atomic E-state index is 13.5. The van der Waals surface area contributed by atoms with E-state index in [-0.39, 0.29) is 55.0 Å². The summed E-state index contributed by atoms with van der Waals surface area (Å²) in [6, 6.07) is 12.4. The quantitative estimate of drug-likeness (QED) is 0.0883. The number of nitrogens with one attached hydrogen (secondary N) is 4. The highest BCUT2D eigenvalue weighted by Gasteiger charge is 2.27. The Bertz CT molecular complexity index is 1610. The van der Waals surface area contributed by atoms with E-state index >= 15 is 0 Å². The Labute approximate surface area is 285 Å². The molecule has 0 aliphatic rings. The minimum absolute atomic E-state index is 0.0260. The number of amides is 3. The van der Waals surface area contributed by atoms with Crippen LogP contribution in [-0.4, -0.2) is 57.6 Å².